The number of aliphatic hydroxyl groups is 8. The summed E-state index contributed by atoms with van der Waals surface area (Å²) in [5.41, 5.74) is 0. The summed E-state index contributed by atoms with van der Waals surface area (Å²) >= 11 is 27.9. The first-order valence-electron chi connectivity index (χ1n) is 12.3. The average molecular weight is 698 g/mol. The molecule has 41 heavy (non-hydrogen) atoms. The van der Waals surface area contributed by atoms with Gasteiger partial charge in [0.1, 0.15) is 40.6 Å². The van der Waals surface area contributed by atoms with Gasteiger partial charge in [0.15, 0.2) is 12.0 Å². The van der Waals surface area contributed by atoms with Gasteiger partial charge < -0.3 is 60.4 Å². The Labute approximate surface area is 265 Å². The third-order valence-corrected chi connectivity index (χ3v) is 7.13. The van der Waals surface area contributed by atoms with Crippen LogP contribution in [0.5, 0.6) is 5.75 Å². The van der Waals surface area contributed by atoms with Crippen LogP contribution in [0.3, 0.4) is 0 Å². The Kier molecular flexibility index (Phi) is 28.8. The van der Waals surface area contributed by atoms with Gasteiger partial charge in [-0.15, -0.1) is 0 Å². The van der Waals surface area contributed by atoms with Gasteiger partial charge in [-0.3, -0.25) is 0 Å². The molecule has 17 heteroatoms. The number of hydrogen-bond acceptors (Lipinski definition) is 12. The maximum absolute atomic E-state index is 9.90. The van der Waals surface area contributed by atoms with Crippen LogP contribution in [0, 0.1) is 0 Å². The minimum Gasteiger partial charge on any atom is -0.505 e. The number of nitrogens with zero attached hydrogens (tertiary/aromatic N) is 1. The molecular weight excluding hydrogens is 656 g/mol. The molecule has 1 unspecified atom stereocenters. The summed E-state index contributed by atoms with van der Waals surface area (Å²) in [7, 11) is 0. The SMILES string of the molecule is CC1CO1.CCN(CC)CC.O=C[C@H](O)[C@@H](O)[C@H](O)[C@H](O)CO.OCC(O)CO.Oc1c(Cl)c(Cl)c(Cl)c(Cl)c1Cl. The molecule has 9 N–H and O–H groups in total. The molecule has 1 saturated heterocycles. The van der Waals surface area contributed by atoms with E-state index in [9.17, 15) is 9.90 Å². The molecule has 0 bridgehead atoms. The van der Waals surface area contributed by atoms with Crippen molar-refractivity contribution in [1.29, 1.82) is 0 Å². The van der Waals surface area contributed by atoms with Crippen LogP contribution in [0.25, 0.3) is 0 Å². The van der Waals surface area contributed by atoms with Gasteiger partial charge in [0, 0.05) is 0 Å². The van der Waals surface area contributed by atoms with Crippen LogP contribution in [0.15, 0.2) is 0 Å². The summed E-state index contributed by atoms with van der Waals surface area (Å²) in [6, 6.07) is 0. The molecule has 1 aliphatic heterocycles. The summed E-state index contributed by atoms with van der Waals surface area (Å²) in [6.45, 7) is 11.7. The Morgan fingerprint density at radius 3 is 1.32 bits per heavy atom. The molecule has 1 fully saturated rings. The number of carbonyl (C=O) groups is 1. The van der Waals surface area contributed by atoms with E-state index in [4.69, 9.17) is 104 Å². The third kappa shape index (κ3) is 20.3. The number of rotatable bonds is 10. The number of aliphatic hydroxyl groups excluding tert-OH is 8. The largest absolute Gasteiger partial charge is 0.505 e. The normalized spacial score (nSPS) is 16.3. The van der Waals surface area contributed by atoms with Gasteiger partial charge in [-0.2, -0.15) is 0 Å². The standard InChI is InChI=1S/C6HCl5O.C6H15N.C6H12O6.C3H8O3.C3H6O/c7-1-2(8)4(10)6(12)5(11)3(1)9;1-4-7(5-2)6-3;7-1-3(9)5(11)6(12)4(10)2-8;4-1-3(6)2-5;1-3-2-4-3/h12H;4-6H2,1-3H3;1,3-6,8-12H,2H2;3-6H,1-2H2;3H,2H2,1H3/t;;3-,4+,5+,6+;;/m..0../s1. The lowest BCUT2D eigenvalue weighted by molar-refractivity contribution is -0.136. The molecule has 1 aromatic rings. The summed E-state index contributed by atoms with van der Waals surface area (Å²) in [4.78, 5) is 12.3. The van der Waals surface area contributed by atoms with Gasteiger partial charge in [-0.25, -0.2) is 0 Å². The topological polar surface area (TPSA) is 215 Å². The smallest absolute Gasteiger partial charge is 0.155 e. The van der Waals surface area contributed by atoms with Crippen molar-refractivity contribution in [1.82, 2.24) is 4.90 Å². The number of aromatic hydroxyl groups is 1. The van der Waals surface area contributed by atoms with Gasteiger partial charge in [0.2, 0.25) is 0 Å². The second-order valence-electron chi connectivity index (χ2n) is 8.06. The molecular formula is C24H42Cl5NO11. The maximum atomic E-state index is 9.90. The Morgan fingerprint density at radius 1 is 0.780 bits per heavy atom. The number of aldehydes is 1. The van der Waals surface area contributed by atoms with Crippen LogP contribution in [-0.2, 0) is 9.53 Å². The monoisotopic (exact) mass is 695 g/mol. The van der Waals surface area contributed by atoms with E-state index in [0.29, 0.717) is 6.10 Å². The molecule has 0 aliphatic carbocycles. The highest BCUT2D eigenvalue weighted by molar-refractivity contribution is 6.55. The van der Waals surface area contributed by atoms with E-state index in [1.54, 1.807) is 0 Å². The number of benzene rings is 1. The Balaban J connectivity index is -0.000000464. The quantitative estimate of drug-likeness (QED) is 0.0734. The first-order chi connectivity index (χ1) is 19.1. The van der Waals surface area contributed by atoms with Crippen molar-refractivity contribution >= 4 is 64.3 Å². The summed E-state index contributed by atoms with van der Waals surface area (Å²) in [6.07, 6.45) is -7.21. The van der Waals surface area contributed by atoms with Gasteiger partial charge in [-0.05, 0) is 26.6 Å². The summed E-state index contributed by atoms with van der Waals surface area (Å²) in [5, 5.41) is 76.6. The zero-order valence-electron chi connectivity index (χ0n) is 23.2. The van der Waals surface area contributed by atoms with E-state index in [2.05, 4.69) is 32.6 Å². The minimum atomic E-state index is -1.79. The van der Waals surface area contributed by atoms with E-state index < -0.39 is 37.1 Å². The van der Waals surface area contributed by atoms with Crippen LogP contribution >= 0.6 is 58.0 Å². The molecule has 244 valence electrons. The highest BCUT2D eigenvalue weighted by atomic mass is 35.5. The highest BCUT2D eigenvalue weighted by Crippen LogP contribution is 2.47. The van der Waals surface area contributed by atoms with Gasteiger partial charge in [0.05, 0.1) is 47.6 Å². The second kappa shape index (κ2) is 26.2. The minimum absolute atomic E-state index is 0.00904. The van der Waals surface area contributed by atoms with Crippen molar-refractivity contribution in [2.45, 2.75) is 64.3 Å². The molecule has 0 aromatic heterocycles. The van der Waals surface area contributed by atoms with E-state index in [0.717, 1.165) is 6.61 Å². The average Bonchev–Trinajstić information content (AvgIpc) is 3.79. The van der Waals surface area contributed by atoms with Gasteiger partial charge >= 0.3 is 0 Å². The number of phenolic OH excluding ortho intramolecular Hbond substituents is 1. The second-order valence-corrected chi connectivity index (χ2v) is 9.95. The third-order valence-electron chi connectivity index (χ3n) is 4.87. The summed E-state index contributed by atoms with van der Waals surface area (Å²) in [5.74, 6) is -0.363. The van der Waals surface area contributed by atoms with E-state index >= 15 is 0 Å². The zero-order chi connectivity index (χ0) is 32.9. The van der Waals surface area contributed by atoms with E-state index in [1.165, 1.54) is 19.6 Å². The number of phenols is 1. The van der Waals surface area contributed by atoms with Crippen LogP contribution in [0.2, 0.25) is 25.1 Å². The maximum Gasteiger partial charge on any atom is 0.155 e. The Morgan fingerprint density at radius 2 is 1.12 bits per heavy atom. The predicted molar refractivity (Wildman–Crippen MR) is 159 cm³/mol. The van der Waals surface area contributed by atoms with E-state index in [1.807, 2.05) is 0 Å². The zero-order valence-corrected chi connectivity index (χ0v) is 26.9. The number of hydrogen-bond donors (Lipinski definition) is 9. The molecule has 5 atom stereocenters. The molecule has 1 aromatic carbocycles. The van der Waals surface area contributed by atoms with Crippen molar-refractivity contribution in [3.8, 4) is 5.75 Å². The van der Waals surface area contributed by atoms with Gasteiger partial charge in [0.25, 0.3) is 0 Å². The Hall–Kier alpha value is -0.260. The molecule has 1 heterocycles. The summed E-state index contributed by atoms with van der Waals surface area (Å²) < 4.78 is 4.71. The molecule has 0 saturated carbocycles. The van der Waals surface area contributed by atoms with Gasteiger partial charge in [-0.1, -0.05) is 78.8 Å². The highest BCUT2D eigenvalue weighted by Gasteiger charge is 2.29. The molecule has 1 aliphatic rings. The van der Waals surface area contributed by atoms with Crippen LogP contribution in [0.1, 0.15) is 27.7 Å². The van der Waals surface area contributed by atoms with Crippen molar-refractivity contribution in [3.05, 3.63) is 25.1 Å². The lowest BCUT2D eigenvalue weighted by Gasteiger charge is -2.22. The van der Waals surface area contributed by atoms with Crippen molar-refractivity contribution in [2.75, 3.05) is 46.1 Å². The number of carbonyl (C=O) groups excluding carboxylic acids is 1. The number of halogens is 5. The molecule has 12 nitrogen and oxygen atoms in total. The van der Waals surface area contributed by atoms with Crippen LogP contribution < -0.4 is 0 Å². The molecule has 0 radical (unpaired) electrons. The van der Waals surface area contributed by atoms with Crippen LogP contribution in [0.4, 0.5) is 0 Å². The number of ether oxygens (including phenoxy) is 1. The molecule has 2 rings (SSSR count). The lowest BCUT2D eigenvalue weighted by Crippen LogP contribution is -2.46. The fraction of sp³-hybridized carbons (Fsp3) is 0.708. The molecule has 0 amide bonds. The lowest BCUT2D eigenvalue weighted by atomic mass is 10.0. The van der Waals surface area contributed by atoms with Crippen molar-refractivity contribution in [3.63, 3.8) is 0 Å². The fourth-order valence-corrected chi connectivity index (χ4v) is 3.16. The van der Waals surface area contributed by atoms with Crippen molar-refractivity contribution in [2.24, 2.45) is 0 Å². The predicted octanol–water partition coefficient (Wildman–Crippen LogP) is 1.37. The fourth-order valence-electron chi connectivity index (χ4n) is 2.04. The number of epoxide rings is 1. The van der Waals surface area contributed by atoms with E-state index in [-0.39, 0.29) is 50.4 Å². The molecule has 0 spiro atoms. The first kappa shape index (κ1) is 45.2. The first-order valence-corrected chi connectivity index (χ1v) is 14.2. The Bertz CT molecular complexity index is 706. The van der Waals surface area contributed by atoms with Crippen LogP contribution in [-0.4, -0.2) is 140 Å². The van der Waals surface area contributed by atoms with Crippen molar-refractivity contribution < 1.29 is 55.5 Å².